The molecule has 4 heteroatoms. The molecule has 1 fully saturated rings. The first-order valence-corrected chi connectivity index (χ1v) is 7.70. The Kier molecular flexibility index (Phi) is 4.18. The Hall–Kier alpha value is -0.610. The number of nitrogens with zero attached hydrogens (tertiary/aromatic N) is 1. The molecular formula is C12H15NOS2. The zero-order chi connectivity index (χ0) is 11.4. The third-order valence-electron chi connectivity index (χ3n) is 2.64. The molecule has 0 unspecified atom stereocenters. The summed E-state index contributed by atoms with van der Waals surface area (Å²) in [6, 6.07) is 7.87. The van der Waals surface area contributed by atoms with Gasteiger partial charge in [-0.25, -0.2) is 0 Å². The highest BCUT2D eigenvalue weighted by atomic mass is 32.2. The highest BCUT2D eigenvalue weighted by Gasteiger charge is 2.17. The summed E-state index contributed by atoms with van der Waals surface area (Å²) in [5, 5.41) is 0. The lowest BCUT2D eigenvalue weighted by atomic mass is 10.2. The summed E-state index contributed by atoms with van der Waals surface area (Å²) in [5.74, 6) is 2.30. The number of benzene rings is 1. The van der Waals surface area contributed by atoms with E-state index in [9.17, 15) is 4.79 Å². The van der Waals surface area contributed by atoms with E-state index >= 15 is 0 Å². The lowest BCUT2D eigenvalue weighted by Gasteiger charge is -2.26. The molecule has 1 heterocycles. The molecule has 0 aromatic heterocycles. The maximum Gasteiger partial charge on any atom is 0.253 e. The standard InChI is InChI=1S/C12H15NOS2/c1-15-11-4-2-10(3-5-11)12(14)13-6-8-16-9-7-13/h2-5H,6-9H2,1H3. The predicted octanol–water partition coefficient (Wildman–Crippen LogP) is 2.60. The molecule has 0 bridgehead atoms. The maximum absolute atomic E-state index is 12.1. The number of hydrogen-bond donors (Lipinski definition) is 0. The zero-order valence-corrected chi connectivity index (χ0v) is 10.9. The van der Waals surface area contributed by atoms with Crippen molar-refractivity contribution in [2.75, 3.05) is 30.9 Å². The molecule has 1 aromatic rings. The molecule has 0 atom stereocenters. The van der Waals surface area contributed by atoms with E-state index in [4.69, 9.17) is 0 Å². The van der Waals surface area contributed by atoms with Crippen LogP contribution < -0.4 is 0 Å². The molecule has 1 aliphatic rings. The second-order valence-corrected chi connectivity index (χ2v) is 5.74. The molecular weight excluding hydrogens is 238 g/mol. The van der Waals surface area contributed by atoms with Gasteiger partial charge in [0, 0.05) is 35.1 Å². The Balaban J connectivity index is 2.07. The van der Waals surface area contributed by atoms with E-state index in [1.54, 1.807) is 11.8 Å². The summed E-state index contributed by atoms with van der Waals surface area (Å²) in [5.41, 5.74) is 0.810. The Morgan fingerprint density at radius 3 is 2.44 bits per heavy atom. The van der Waals surface area contributed by atoms with Gasteiger partial charge in [-0.15, -0.1) is 11.8 Å². The van der Waals surface area contributed by atoms with Crippen molar-refractivity contribution >= 4 is 29.4 Å². The average Bonchev–Trinajstić information content (AvgIpc) is 2.39. The van der Waals surface area contributed by atoms with Crippen LogP contribution in [0.15, 0.2) is 29.2 Å². The Labute approximate surface area is 105 Å². The van der Waals surface area contributed by atoms with E-state index in [-0.39, 0.29) is 5.91 Å². The molecule has 1 amide bonds. The number of carbonyl (C=O) groups excluding carboxylic acids is 1. The molecule has 1 saturated heterocycles. The Bertz CT molecular complexity index is 358. The van der Waals surface area contributed by atoms with Crippen LogP contribution in [-0.4, -0.2) is 41.7 Å². The summed E-state index contributed by atoms with van der Waals surface area (Å²) in [6.07, 6.45) is 2.04. The summed E-state index contributed by atoms with van der Waals surface area (Å²) >= 11 is 3.62. The van der Waals surface area contributed by atoms with Crippen molar-refractivity contribution in [1.29, 1.82) is 0 Å². The van der Waals surface area contributed by atoms with Gasteiger partial charge in [0.25, 0.3) is 5.91 Å². The molecule has 0 saturated carbocycles. The molecule has 0 spiro atoms. The summed E-state index contributed by atoms with van der Waals surface area (Å²) < 4.78 is 0. The van der Waals surface area contributed by atoms with E-state index in [2.05, 4.69) is 0 Å². The van der Waals surface area contributed by atoms with E-state index in [1.165, 1.54) is 4.90 Å². The monoisotopic (exact) mass is 253 g/mol. The van der Waals surface area contributed by atoms with Crippen molar-refractivity contribution in [1.82, 2.24) is 4.90 Å². The van der Waals surface area contributed by atoms with E-state index in [1.807, 2.05) is 47.2 Å². The molecule has 2 nitrogen and oxygen atoms in total. The minimum atomic E-state index is 0.174. The van der Waals surface area contributed by atoms with E-state index in [0.717, 1.165) is 30.2 Å². The quantitative estimate of drug-likeness (QED) is 0.756. The smallest absolute Gasteiger partial charge is 0.253 e. The SMILES string of the molecule is CSc1ccc(C(=O)N2CCSCC2)cc1. The number of amides is 1. The van der Waals surface area contributed by atoms with Gasteiger partial charge >= 0.3 is 0 Å². The van der Waals surface area contributed by atoms with Crippen LogP contribution in [0.1, 0.15) is 10.4 Å². The van der Waals surface area contributed by atoms with Crippen molar-refractivity contribution in [3.8, 4) is 0 Å². The van der Waals surface area contributed by atoms with Gasteiger partial charge in [0.05, 0.1) is 0 Å². The van der Waals surface area contributed by atoms with Crippen LogP contribution in [0.25, 0.3) is 0 Å². The first-order chi connectivity index (χ1) is 7.81. The van der Waals surface area contributed by atoms with Gasteiger partial charge in [-0.05, 0) is 30.5 Å². The van der Waals surface area contributed by atoms with Crippen molar-refractivity contribution in [3.63, 3.8) is 0 Å². The van der Waals surface area contributed by atoms with Crippen molar-refractivity contribution in [3.05, 3.63) is 29.8 Å². The minimum absolute atomic E-state index is 0.174. The van der Waals surface area contributed by atoms with Gasteiger partial charge in [-0.3, -0.25) is 4.79 Å². The van der Waals surface area contributed by atoms with Gasteiger partial charge in [-0.1, -0.05) is 0 Å². The van der Waals surface area contributed by atoms with Gasteiger partial charge < -0.3 is 4.90 Å². The number of thioether (sulfide) groups is 2. The van der Waals surface area contributed by atoms with Crippen LogP contribution in [0.3, 0.4) is 0 Å². The second kappa shape index (κ2) is 5.64. The van der Waals surface area contributed by atoms with Gasteiger partial charge in [0.15, 0.2) is 0 Å². The van der Waals surface area contributed by atoms with Crippen LogP contribution in [0.2, 0.25) is 0 Å². The molecule has 0 radical (unpaired) electrons. The minimum Gasteiger partial charge on any atom is -0.337 e. The van der Waals surface area contributed by atoms with Gasteiger partial charge in [0.1, 0.15) is 0 Å². The van der Waals surface area contributed by atoms with Crippen LogP contribution in [0, 0.1) is 0 Å². The average molecular weight is 253 g/mol. The fourth-order valence-electron chi connectivity index (χ4n) is 1.68. The van der Waals surface area contributed by atoms with Crippen molar-refractivity contribution in [2.24, 2.45) is 0 Å². The molecule has 1 aliphatic heterocycles. The van der Waals surface area contributed by atoms with E-state index < -0.39 is 0 Å². The lowest BCUT2D eigenvalue weighted by molar-refractivity contribution is 0.0772. The third-order valence-corrected chi connectivity index (χ3v) is 4.32. The Morgan fingerprint density at radius 1 is 1.25 bits per heavy atom. The topological polar surface area (TPSA) is 20.3 Å². The Morgan fingerprint density at radius 2 is 1.88 bits per heavy atom. The summed E-state index contributed by atoms with van der Waals surface area (Å²) in [4.78, 5) is 15.3. The predicted molar refractivity (Wildman–Crippen MR) is 71.5 cm³/mol. The zero-order valence-electron chi connectivity index (χ0n) is 9.31. The van der Waals surface area contributed by atoms with E-state index in [0.29, 0.717) is 0 Å². The van der Waals surface area contributed by atoms with Gasteiger partial charge in [0.2, 0.25) is 0 Å². The lowest BCUT2D eigenvalue weighted by Crippen LogP contribution is -2.37. The van der Waals surface area contributed by atoms with Crippen molar-refractivity contribution in [2.45, 2.75) is 4.90 Å². The second-order valence-electron chi connectivity index (χ2n) is 3.63. The van der Waals surface area contributed by atoms with Crippen LogP contribution in [-0.2, 0) is 0 Å². The van der Waals surface area contributed by atoms with Gasteiger partial charge in [-0.2, -0.15) is 11.8 Å². The molecule has 0 N–H and O–H groups in total. The highest BCUT2D eigenvalue weighted by Crippen LogP contribution is 2.17. The largest absolute Gasteiger partial charge is 0.337 e. The molecule has 0 aliphatic carbocycles. The van der Waals surface area contributed by atoms with Crippen molar-refractivity contribution < 1.29 is 4.79 Å². The number of carbonyl (C=O) groups is 1. The summed E-state index contributed by atoms with van der Waals surface area (Å²) in [6.45, 7) is 1.77. The highest BCUT2D eigenvalue weighted by molar-refractivity contribution is 7.99. The fraction of sp³-hybridized carbons (Fsp3) is 0.417. The first kappa shape index (κ1) is 11.9. The molecule has 1 aromatic carbocycles. The molecule has 16 heavy (non-hydrogen) atoms. The normalized spacial score (nSPS) is 16.2. The fourth-order valence-corrected chi connectivity index (χ4v) is 2.99. The molecule has 2 rings (SSSR count). The number of rotatable bonds is 2. The maximum atomic E-state index is 12.1. The van der Waals surface area contributed by atoms with Crippen LogP contribution in [0.4, 0.5) is 0 Å². The number of hydrogen-bond acceptors (Lipinski definition) is 3. The van der Waals surface area contributed by atoms with Crippen LogP contribution in [0.5, 0.6) is 0 Å². The summed E-state index contributed by atoms with van der Waals surface area (Å²) in [7, 11) is 0. The molecule has 86 valence electrons. The first-order valence-electron chi connectivity index (χ1n) is 5.32. The van der Waals surface area contributed by atoms with Crippen LogP contribution >= 0.6 is 23.5 Å². The third kappa shape index (κ3) is 2.74.